The van der Waals surface area contributed by atoms with Gasteiger partial charge in [0.25, 0.3) is 0 Å². The van der Waals surface area contributed by atoms with Crippen LogP contribution in [0.1, 0.15) is 11.1 Å². The summed E-state index contributed by atoms with van der Waals surface area (Å²) in [6, 6.07) is 15.5. The highest BCUT2D eigenvalue weighted by molar-refractivity contribution is 7.17. The fourth-order valence-corrected chi connectivity index (χ4v) is 3.10. The first-order chi connectivity index (χ1) is 10.3. The maximum absolute atomic E-state index is 8.90. The number of thiophene rings is 1. The molecule has 0 aliphatic carbocycles. The van der Waals surface area contributed by atoms with Crippen molar-refractivity contribution in [3.05, 3.63) is 59.0 Å². The average Bonchev–Trinajstić information content (AvgIpc) is 2.96. The molecular formula is C17H13NO2S. The SMILES string of the molecule is COc1cc(C#N)ccc1OCc1csc2ccccc12. The molecule has 0 aliphatic heterocycles. The largest absolute Gasteiger partial charge is 0.493 e. The highest BCUT2D eigenvalue weighted by atomic mass is 32.1. The van der Waals surface area contributed by atoms with E-state index in [9.17, 15) is 0 Å². The van der Waals surface area contributed by atoms with Crippen molar-refractivity contribution in [1.29, 1.82) is 5.26 Å². The molecule has 0 radical (unpaired) electrons. The van der Waals surface area contributed by atoms with E-state index in [1.165, 1.54) is 10.1 Å². The van der Waals surface area contributed by atoms with E-state index < -0.39 is 0 Å². The van der Waals surface area contributed by atoms with Crippen molar-refractivity contribution in [3.8, 4) is 17.6 Å². The van der Waals surface area contributed by atoms with Crippen molar-refractivity contribution in [2.75, 3.05) is 7.11 Å². The molecule has 0 bridgehead atoms. The van der Waals surface area contributed by atoms with Crippen LogP contribution in [0.5, 0.6) is 11.5 Å². The number of ether oxygens (including phenoxy) is 2. The number of methoxy groups -OCH3 is 1. The Morgan fingerprint density at radius 2 is 2.00 bits per heavy atom. The zero-order valence-corrected chi connectivity index (χ0v) is 12.3. The molecule has 104 valence electrons. The van der Waals surface area contributed by atoms with E-state index in [1.807, 2.05) is 12.1 Å². The molecule has 21 heavy (non-hydrogen) atoms. The van der Waals surface area contributed by atoms with Crippen LogP contribution in [0.15, 0.2) is 47.8 Å². The molecule has 0 aliphatic rings. The lowest BCUT2D eigenvalue weighted by Crippen LogP contribution is -1.97. The van der Waals surface area contributed by atoms with E-state index in [4.69, 9.17) is 14.7 Å². The maximum atomic E-state index is 8.90. The van der Waals surface area contributed by atoms with Gasteiger partial charge in [-0.3, -0.25) is 0 Å². The smallest absolute Gasteiger partial charge is 0.162 e. The first-order valence-corrected chi connectivity index (χ1v) is 7.36. The van der Waals surface area contributed by atoms with Crippen molar-refractivity contribution < 1.29 is 9.47 Å². The van der Waals surface area contributed by atoms with Gasteiger partial charge in [0.2, 0.25) is 0 Å². The quantitative estimate of drug-likeness (QED) is 0.718. The number of hydrogen-bond acceptors (Lipinski definition) is 4. The molecule has 0 spiro atoms. The molecule has 0 unspecified atom stereocenters. The Morgan fingerprint density at radius 3 is 2.81 bits per heavy atom. The number of fused-ring (bicyclic) bond motifs is 1. The van der Waals surface area contributed by atoms with Crippen molar-refractivity contribution >= 4 is 21.4 Å². The molecule has 0 saturated heterocycles. The lowest BCUT2D eigenvalue weighted by atomic mass is 10.2. The minimum atomic E-state index is 0.478. The second-order valence-corrected chi connectivity index (χ2v) is 5.43. The predicted molar refractivity (Wildman–Crippen MR) is 83.9 cm³/mol. The van der Waals surface area contributed by atoms with Crippen LogP contribution in [-0.2, 0) is 6.61 Å². The number of hydrogen-bond donors (Lipinski definition) is 0. The molecule has 1 heterocycles. The van der Waals surface area contributed by atoms with Crippen LogP contribution < -0.4 is 9.47 Å². The van der Waals surface area contributed by atoms with E-state index in [1.54, 1.807) is 36.6 Å². The van der Waals surface area contributed by atoms with Crippen LogP contribution >= 0.6 is 11.3 Å². The Bertz CT molecular complexity index is 817. The van der Waals surface area contributed by atoms with Crippen LogP contribution in [-0.4, -0.2) is 7.11 Å². The van der Waals surface area contributed by atoms with Gasteiger partial charge >= 0.3 is 0 Å². The second-order valence-electron chi connectivity index (χ2n) is 4.52. The lowest BCUT2D eigenvalue weighted by molar-refractivity contribution is 0.286. The van der Waals surface area contributed by atoms with Gasteiger partial charge in [0.05, 0.1) is 18.7 Å². The summed E-state index contributed by atoms with van der Waals surface area (Å²) in [6.45, 7) is 0.478. The van der Waals surface area contributed by atoms with Crippen molar-refractivity contribution in [2.45, 2.75) is 6.61 Å². The summed E-state index contributed by atoms with van der Waals surface area (Å²) < 4.78 is 12.4. The Balaban J connectivity index is 1.83. The summed E-state index contributed by atoms with van der Waals surface area (Å²) >= 11 is 1.71. The number of nitriles is 1. The fraction of sp³-hybridized carbons (Fsp3) is 0.118. The normalized spacial score (nSPS) is 10.3. The van der Waals surface area contributed by atoms with Crippen LogP contribution in [0, 0.1) is 11.3 Å². The molecule has 0 N–H and O–H groups in total. The summed E-state index contributed by atoms with van der Waals surface area (Å²) in [6.07, 6.45) is 0. The van der Waals surface area contributed by atoms with Crippen LogP contribution in [0.3, 0.4) is 0 Å². The number of nitrogens with zero attached hydrogens (tertiary/aromatic N) is 1. The zero-order chi connectivity index (χ0) is 14.7. The van der Waals surface area contributed by atoms with Gasteiger partial charge in [-0.1, -0.05) is 18.2 Å². The predicted octanol–water partition coefficient (Wildman–Crippen LogP) is 4.36. The third-order valence-electron chi connectivity index (χ3n) is 3.24. The van der Waals surface area contributed by atoms with Gasteiger partial charge in [-0.15, -0.1) is 11.3 Å². The van der Waals surface area contributed by atoms with E-state index in [0.29, 0.717) is 23.7 Å². The molecule has 2 aromatic carbocycles. The molecule has 0 atom stereocenters. The van der Waals surface area contributed by atoms with Gasteiger partial charge < -0.3 is 9.47 Å². The zero-order valence-electron chi connectivity index (χ0n) is 11.5. The summed E-state index contributed by atoms with van der Waals surface area (Å²) in [5.41, 5.74) is 1.71. The molecule has 3 aromatic rings. The summed E-state index contributed by atoms with van der Waals surface area (Å²) in [5, 5.41) is 12.2. The summed E-state index contributed by atoms with van der Waals surface area (Å²) in [4.78, 5) is 0. The van der Waals surface area contributed by atoms with Gasteiger partial charge in [-0.25, -0.2) is 0 Å². The van der Waals surface area contributed by atoms with Gasteiger partial charge in [0.15, 0.2) is 11.5 Å². The highest BCUT2D eigenvalue weighted by Gasteiger charge is 2.08. The summed E-state index contributed by atoms with van der Waals surface area (Å²) in [5.74, 6) is 1.22. The molecule has 1 aromatic heterocycles. The molecule has 0 saturated carbocycles. The Labute approximate surface area is 127 Å². The Kier molecular flexibility index (Phi) is 3.76. The lowest BCUT2D eigenvalue weighted by Gasteiger charge is -2.10. The number of benzene rings is 2. The maximum Gasteiger partial charge on any atom is 0.162 e. The number of rotatable bonds is 4. The average molecular weight is 295 g/mol. The third-order valence-corrected chi connectivity index (χ3v) is 4.25. The van der Waals surface area contributed by atoms with Crippen LogP contribution in [0.4, 0.5) is 0 Å². The van der Waals surface area contributed by atoms with Gasteiger partial charge in [0, 0.05) is 16.3 Å². The standard InChI is InChI=1S/C17H13NO2S/c1-19-16-8-12(9-18)6-7-15(16)20-10-13-11-21-17-5-3-2-4-14(13)17/h2-8,11H,10H2,1H3. The Hall–Kier alpha value is -2.51. The minimum Gasteiger partial charge on any atom is -0.493 e. The van der Waals surface area contributed by atoms with Crippen molar-refractivity contribution in [1.82, 2.24) is 0 Å². The van der Waals surface area contributed by atoms with E-state index >= 15 is 0 Å². The minimum absolute atomic E-state index is 0.478. The van der Waals surface area contributed by atoms with Crippen molar-refractivity contribution in [2.24, 2.45) is 0 Å². The first kappa shape index (κ1) is 13.5. The second kappa shape index (κ2) is 5.86. The van der Waals surface area contributed by atoms with Crippen molar-refractivity contribution in [3.63, 3.8) is 0 Å². The molecular weight excluding hydrogens is 282 g/mol. The molecule has 0 amide bonds. The molecule has 3 rings (SSSR count). The van der Waals surface area contributed by atoms with Crippen LogP contribution in [0.25, 0.3) is 10.1 Å². The summed E-state index contributed by atoms with van der Waals surface area (Å²) in [7, 11) is 1.57. The monoisotopic (exact) mass is 295 g/mol. The van der Waals surface area contributed by atoms with Gasteiger partial charge in [-0.05, 0) is 29.0 Å². The molecule has 4 heteroatoms. The highest BCUT2D eigenvalue weighted by Crippen LogP contribution is 2.31. The van der Waals surface area contributed by atoms with E-state index in [0.717, 1.165) is 5.56 Å². The molecule has 0 fully saturated rings. The topological polar surface area (TPSA) is 42.2 Å². The Morgan fingerprint density at radius 1 is 1.14 bits per heavy atom. The van der Waals surface area contributed by atoms with E-state index in [-0.39, 0.29) is 0 Å². The van der Waals surface area contributed by atoms with Gasteiger partial charge in [0.1, 0.15) is 6.61 Å². The first-order valence-electron chi connectivity index (χ1n) is 6.48. The van der Waals surface area contributed by atoms with E-state index in [2.05, 4.69) is 23.6 Å². The molecule has 3 nitrogen and oxygen atoms in total. The fourth-order valence-electron chi connectivity index (χ4n) is 2.16. The van der Waals surface area contributed by atoms with Gasteiger partial charge in [-0.2, -0.15) is 5.26 Å². The third kappa shape index (κ3) is 2.69. The van der Waals surface area contributed by atoms with Crippen LogP contribution in [0.2, 0.25) is 0 Å².